The molecule has 1 aliphatic rings. The molecule has 1 heterocycles. The summed E-state index contributed by atoms with van der Waals surface area (Å²) >= 11 is 0. The van der Waals surface area contributed by atoms with Crippen LogP contribution in [0.15, 0.2) is 54.6 Å². The minimum Gasteiger partial charge on any atom is -0.407 e. The maximum absolute atomic E-state index is 10.2. The third-order valence-electron chi connectivity index (χ3n) is 5.22. The Labute approximate surface area is 158 Å². The van der Waals surface area contributed by atoms with E-state index in [1.807, 2.05) is 13.0 Å². The first-order chi connectivity index (χ1) is 12.3. The number of hydrogen-bond acceptors (Lipinski definition) is 3. The third kappa shape index (κ3) is 4.09. The van der Waals surface area contributed by atoms with E-state index < -0.39 is 15.1 Å². The Balaban J connectivity index is 1.85. The van der Waals surface area contributed by atoms with Gasteiger partial charge in [0.25, 0.3) is 9.04 Å². The van der Waals surface area contributed by atoms with Crippen molar-refractivity contribution in [3.63, 3.8) is 0 Å². The first kappa shape index (κ1) is 19.3. The van der Waals surface area contributed by atoms with Crippen molar-refractivity contribution in [1.29, 1.82) is 0 Å². The molecule has 4 heteroatoms. The second-order valence-corrected chi connectivity index (χ2v) is 10.4. The van der Waals surface area contributed by atoms with Gasteiger partial charge in [0.05, 0.1) is 24.7 Å². The van der Waals surface area contributed by atoms with E-state index in [0.717, 1.165) is 0 Å². The zero-order chi connectivity index (χ0) is 18.8. The van der Waals surface area contributed by atoms with Crippen molar-refractivity contribution >= 4 is 19.4 Å². The van der Waals surface area contributed by atoms with Crippen LogP contribution in [0.1, 0.15) is 33.3 Å². The molecule has 139 valence electrons. The summed E-state index contributed by atoms with van der Waals surface area (Å²) in [5.74, 6) is 0. The van der Waals surface area contributed by atoms with Gasteiger partial charge in [0.2, 0.25) is 0 Å². The van der Waals surface area contributed by atoms with E-state index in [2.05, 4.69) is 69.3 Å². The van der Waals surface area contributed by atoms with Gasteiger partial charge in [-0.2, -0.15) is 0 Å². The van der Waals surface area contributed by atoms with Crippen molar-refractivity contribution in [1.82, 2.24) is 0 Å². The molecule has 1 N–H and O–H groups in total. The second-order valence-electron chi connectivity index (χ2n) is 8.34. The molecule has 1 fully saturated rings. The van der Waals surface area contributed by atoms with Crippen molar-refractivity contribution in [2.75, 3.05) is 19.8 Å². The van der Waals surface area contributed by atoms with Crippen molar-refractivity contribution in [3.8, 4) is 0 Å². The number of hydrogen-bond donors (Lipinski definition) is 1. The van der Waals surface area contributed by atoms with E-state index in [4.69, 9.17) is 9.16 Å². The highest BCUT2D eigenvalue weighted by atomic mass is 28.3. The molecule has 3 nitrogen and oxygen atoms in total. The lowest BCUT2D eigenvalue weighted by atomic mass is 9.82. The topological polar surface area (TPSA) is 38.7 Å². The average Bonchev–Trinajstić information content (AvgIpc) is 2.57. The van der Waals surface area contributed by atoms with Crippen LogP contribution < -0.4 is 10.4 Å². The Bertz CT molecular complexity index is 700. The smallest absolute Gasteiger partial charge is 0.282 e. The van der Waals surface area contributed by atoms with Gasteiger partial charge < -0.3 is 14.3 Å². The minimum atomic E-state index is -1.37. The molecular weight excluding hydrogens is 340 g/mol. The third-order valence-corrected chi connectivity index (χ3v) is 7.37. The highest BCUT2D eigenvalue weighted by Gasteiger charge is 2.44. The Morgan fingerprint density at radius 3 is 2.08 bits per heavy atom. The summed E-state index contributed by atoms with van der Waals surface area (Å²) in [6.45, 7) is 10.2. The van der Waals surface area contributed by atoms with Crippen LogP contribution in [-0.4, -0.2) is 40.1 Å². The van der Waals surface area contributed by atoms with Gasteiger partial charge in [-0.3, -0.25) is 0 Å². The van der Waals surface area contributed by atoms with E-state index >= 15 is 0 Å². The fraction of sp³-hybridized carbons (Fsp3) is 0.455. The number of aliphatic hydroxyl groups excluding tert-OH is 1. The second kappa shape index (κ2) is 7.65. The fourth-order valence-corrected chi connectivity index (χ4v) is 5.13. The predicted molar refractivity (Wildman–Crippen MR) is 107 cm³/mol. The van der Waals surface area contributed by atoms with Gasteiger partial charge in [-0.25, -0.2) is 0 Å². The number of benzene rings is 2. The van der Waals surface area contributed by atoms with Gasteiger partial charge >= 0.3 is 0 Å². The van der Waals surface area contributed by atoms with Crippen molar-refractivity contribution < 1.29 is 14.3 Å². The van der Waals surface area contributed by atoms with Gasteiger partial charge in [0, 0.05) is 6.61 Å². The van der Waals surface area contributed by atoms with Gasteiger partial charge in [0.1, 0.15) is 0 Å². The Morgan fingerprint density at radius 1 is 1.04 bits per heavy atom. The van der Waals surface area contributed by atoms with Crippen LogP contribution in [0.5, 0.6) is 0 Å². The molecule has 2 aromatic carbocycles. The standard InChI is InChI=1S/C22H29O3Si/c1-17(23)22(14-24-15-22)16-25-26(19-8-6-5-7-9-19)20-12-10-18(11-13-20)21(2,3)4/h5-13,17,23H,14-16H2,1-4H3. The maximum atomic E-state index is 10.2. The number of ether oxygens (including phenoxy) is 1. The maximum Gasteiger partial charge on any atom is 0.282 e. The van der Waals surface area contributed by atoms with Crippen LogP contribution >= 0.6 is 0 Å². The van der Waals surface area contributed by atoms with E-state index in [1.165, 1.54) is 15.9 Å². The molecule has 0 bridgehead atoms. The normalized spacial score (nSPS) is 17.8. The van der Waals surface area contributed by atoms with Gasteiger partial charge in [-0.05, 0) is 28.3 Å². The molecule has 0 aromatic heterocycles. The summed E-state index contributed by atoms with van der Waals surface area (Å²) in [6, 6.07) is 19.3. The first-order valence-corrected chi connectivity index (χ1v) is 10.6. The summed E-state index contributed by atoms with van der Waals surface area (Å²) < 4.78 is 11.8. The Kier molecular flexibility index (Phi) is 5.68. The summed E-state index contributed by atoms with van der Waals surface area (Å²) in [6.07, 6.45) is -0.432. The Hall–Kier alpha value is -1.46. The molecule has 1 aliphatic heterocycles. The number of rotatable bonds is 6. The molecule has 3 rings (SSSR count). The minimum absolute atomic E-state index is 0.138. The van der Waals surface area contributed by atoms with Crippen LogP contribution in [0, 0.1) is 5.41 Å². The molecule has 1 saturated heterocycles. The molecule has 0 aliphatic carbocycles. The van der Waals surface area contributed by atoms with Gasteiger partial charge in [0.15, 0.2) is 0 Å². The highest BCUT2D eigenvalue weighted by molar-refractivity contribution is 6.80. The van der Waals surface area contributed by atoms with Crippen LogP contribution in [0.25, 0.3) is 0 Å². The molecular formula is C22H29O3Si. The fourth-order valence-electron chi connectivity index (χ4n) is 3.07. The molecule has 1 atom stereocenters. The van der Waals surface area contributed by atoms with Crippen molar-refractivity contribution in [2.45, 2.75) is 39.2 Å². The van der Waals surface area contributed by atoms with Crippen LogP contribution in [0.4, 0.5) is 0 Å². The predicted octanol–water partition coefficient (Wildman–Crippen LogP) is 2.50. The molecule has 0 amide bonds. The lowest BCUT2D eigenvalue weighted by molar-refractivity contribution is -0.181. The average molecular weight is 370 g/mol. The SMILES string of the molecule is CC(O)C1(CO[Si](c2ccccc2)c2ccc(C(C)(C)C)cc2)COC1. The van der Waals surface area contributed by atoms with Gasteiger partial charge in [-0.1, -0.05) is 75.4 Å². The van der Waals surface area contributed by atoms with E-state index in [0.29, 0.717) is 19.8 Å². The zero-order valence-electron chi connectivity index (χ0n) is 16.2. The zero-order valence-corrected chi connectivity index (χ0v) is 17.2. The van der Waals surface area contributed by atoms with Crippen LogP contribution in [0.3, 0.4) is 0 Å². The van der Waals surface area contributed by atoms with Crippen molar-refractivity contribution in [2.24, 2.45) is 5.41 Å². The lowest BCUT2D eigenvalue weighted by Gasteiger charge is -2.44. The van der Waals surface area contributed by atoms with Crippen LogP contribution in [0.2, 0.25) is 0 Å². The molecule has 0 spiro atoms. The van der Waals surface area contributed by atoms with E-state index in [1.54, 1.807) is 0 Å². The van der Waals surface area contributed by atoms with Crippen molar-refractivity contribution in [3.05, 3.63) is 60.2 Å². The summed E-state index contributed by atoms with van der Waals surface area (Å²) in [5.41, 5.74) is 1.19. The van der Waals surface area contributed by atoms with E-state index in [9.17, 15) is 5.11 Å². The monoisotopic (exact) mass is 369 g/mol. The summed E-state index contributed by atoms with van der Waals surface area (Å²) in [4.78, 5) is 0. The molecule has 2 aromatic rings. The highest BCUT2D eigenvalue weighted by Crippen LogP contribution is 2.32. The van der Waals surface area contributed by atoms with E-state index in [-0.39, 0.29) is 10.8 Å². The molecule has 1 radical (unpaired) electrons. The molecule has 26 heavy (non-hydrogen) atoms. The Morgan fingerprint density at radius 2 is 1.62 bits per heavy atom. The van der Waals surface area contributed by atoms with Gasteiger partial charge in [-0.15, -0.1) is 0 Å². The number of aliphatic hydroxyl groups is 1. The van der Waals surface area contributed by atoms with Crippen LogP contribution in [-0.2, 0) is 14.6 Å². The first-order valence-electron chi connectivity index (χ1n) is 9.24. The summed E-state index contributed by atoms with van der Waals surface area (Å²) in [5, 5.41) is 12.6. The summed E-state index contributed by atoms with van der Waals surface area (Å²) in [7, 11) is -1.37. The molecule has 1 unspecified atom stereocenters. The molecule has 0 saturated carbocycles. The lowest BCUT2D eigenvalue weighted by Crippen LogP contribution is -2.56. The largest absolute Gasteiger partial charge is 0.407 e. The quantitative estimate of drug-likeness (QED) is 0.795.